The minimum absolute atomic E-state index is 0.0589. The van der Waals surface area contributed by atoms with Crippen molar-refractivity contribution in [1.82, 2.24) is 4.98 Å². The molecule has 2 unspecified atom stereocenters. The Kier molecular flexibility index (Phi) is 2.69. The van der Waals surface area contributed by atoms with E-state index in [1.54, 1.807) is 18.3 Å². The summed E-state index contributed by atoms with van der Waals surface area (Å²) in [6.07, 6.45) is 4.78. The van der Waals surface area contributed by atoms with Crippen LogP contribution >= 0.6 is 0 Å². The summed E-state index contributed by atoms with van der Waals surface area (Å²) in [4.78, 5) is 15.5. The fraction of sp³-hybridized carbons (Fsp3) is 0.400. The van der Waals surface area contributed by atoms with Gasteiger partial charge in [-0.2, -0.15) is 0 Å². The molecular weight excluding hydrogens is 229 g/mol. The molecule has 0 radical (unpaired) electrons. The SMILES string of the molecule is CC1CCCC1C(=O)c1c[nH]c2cccc(F)c12. The minimum atomic E-state index is -0.317. The zero-order valence-corrected chi connectivity index (χ0v) is 10.4. The maximum Gasteiger partial charge on any atom is 0.168 e. The zero-order valence-electron chi connectivity index (χ0n) is 10.4. The minimum Gasteiger partial charge on any atom is -0.360 e. The van der Waals surface area contributed by atoms with E-state index < -0.39 is 0 Å². The number of nitrogens with one attached hydrogen (secondary N) is 1. The number of carbonyl (C=O) groups is 1. The maximum absolute atomic E-state index is 13.9. The first-order chi connectivity index (χ1) is 8.68. The lowest BCUT2D eigenvalue weighted by Crippen LogP contribution is -2.17. The van der Waals surface area contributed by atoms with Crippen LogP contribution in [0.25, 0.3) is 10.9 Å². The van der Waals surface area contributed by atoms with Crippen molar-refractivity contribution in [3.8, 4) is 0 Å². The van der Waals surface area contributed by atoms with Crippen molar-refractivity contribution >= 4 is 16.7 Å². The molecule has 2 aromatic rings. The van der Waals surface area contributed by atoms with Gasteiger partial charge < -0.3 is 4.98 Å². The molecule has 1 N–H and O–H groups in total. The number of carbonyl (C=O) groups excluding carboxylic acids is 1. The van der Waals surface area contributed by atoms with Crippen molar-refractivity contribution in [2.24, 2.45) is 11.8 Å². The van der Waals surface area contributed by atoms with Crippen LogP contribution in [-0.4, -0.2) is 10.8 Å². The standard InChI is InChI=1S/C15H16FNO/c1-9-4-2-5-10(9)15(18)11-8-17-13-7-3-6-12(16)14(11)13/h3,6-10,17H,2,4-5H2,1H3. The molecule has 0 bridgehead atoms. The Morgan fingerprint density at radius 3 is 2.94 bits per heavy atom. The summed E-state index contributed by atoms with van der Waals surface area (Å²) in [6.45, 7) is 2.11. The van der Waals surface area contributed by atoms with Crippen molar-refractivity contribution in [3.05, 3.63) is 35.8 Å². The van der Waals surface area contributed by atoms with Gasteiger partial charge in [0.15, 0.2) is 5.78 Å². The number of ketones is 1. The Morgan fingerprint density at radius 1 is 1.39 bits per heavy atom. The highest BCUT2D eigenvalue weighted by Crippen LogP contribution is 2.35. The second-order valence-electron chi connectivity index (χ2n) is 5.24. The Labute approximate surface area is 105 Å². The topological polar surface area (TPSA) is 32.9 Å². The molecule has 0 amide bonds. The molecule has 1 fully saturated rings. The third kappa shape index (κ3) is 1.65. The van der Waals surface area contributed by atoms with Crippen LogP contribution in [0.4, 0.5) is 4.39 Å². The molecule has 1 aliphatic carbocycles. The number of H-pyrrole nitrogens is 1. The van der Waals surface area contributed by atoms with Crippen LogP contribution in [0.15, 0.2) is 24.4 Å². The summed E-state index contributed by atoms with van der Waals surface area (Å²) in [7, 11) is 0. The maximum atomic E-state index is 13.9. The molecule has 3 rings (SSSR count). The van der Waals surface area contributed by atoms with Crippen molar-refractivity contribution in [1.29, 1.82) is 0 Å². The fourth-order valence-corrected chi connectivity index (χ4v) is 3.07. The number of benzene rings is 1. The summed E-state index contributed by atoms with van der Waals surface area (Å²) in [5.74, 6) is 0.247. The smallest absolute Gasteiger partial charge is 0.168 e. The van der Waals surface area contributed by atoms with E-state index in [9.17, 15) is 9.18 Å². The van der Waals surface area contributed by atoms with Gasteiger partial charge in [-0.15, -0.1) is 0 Å². The molecule has 1 saturated carbocycles. The molecule has 1 aromatic carbocycles. The number of halogens is 1. The predicted molar refractivity (Wildman–Crippen MR) is 69.1 cm³/mol. The molecule has 18 heavy (non-hydrogen) atoms. The average Bonchev–Trinajstić information content (AvgIpc) is 2.95. The van der Waals surface area contributed by atoms with Gasteiger partial charge in [-0.25, -0.2) is 4.39 Å². The Morgan fingerprint density at radius 2 is 2.22 bits per heavy atom. The van der Waals surface area contributed by atoms with Crippen LogP contribution in [0.1, 0.15) is 36.5 Å². The number of hydrogen-bond donors (Lipinski definition) is 1. The highest BCUT2D eigenvalue weighted by molar-refractivity contribution is 6.09. The van der Waals surface area contributed by atoms with Gasteiger partial charge in [0.2, 0.25) is 0 Å². The van der Waals surface area contributed by atoms with Crippen LogP contribution in [0, 0.1) is 17.7 Å². The summed E-state index contributed by atoms with van der Waals surface area (Å²) in [5.41, 5.74) is 1.21. The molecule has 3 heteroatoms. The highest BCUT2D eigenvalue weighted by atomic mass is 19.1. The highest BCUT2D eigenvalue weighted by Gasteiger charge is 2.31. The lowest BCUT2D eigenvalue weighted by molar-refractivity contribution is 0.0898. The van der Waals surface area contributed by atoms with Crippen LogP contribution in [-0.2, 0) is 0 Å². The predicted octanol–water partition coefficient (Wildman–Crippen LogP) is 3.93. The number of rotatable bonds is 2. The van der Waals surface area contributed by atoms with Crippen molar-refractivity contribution in [2.45, 2.75) is 26.2 Å². The van der Waals surface area contributed by atoms with E-state index in [-0.39, 0.29) is 17.5 Å². The molecule has 2 nitrogen and oxygen atoms in total. The lowest BCUT2D eigenvalue weighted by atomic mass is 9.89. The molecule has 94 valence electrons. The van der Waals surface area contributed by atoms with Crippen LogP contribution in [0.3, 0.4) is 0 Å². The number of fused-ring (bicyclic) bond motifs is 1. The van der Waals surface area contributed by atoms with Gasteiger partial charge in [0.25, 0.3) is 0 Å². The summed E-state index contributed by atoms with van der Waals surface area (Å²) in [5, 5.41) is 0.446. The summed E-state index contributed by atoms with van der Waals surface area (Å²) < 4.78 is 13.9. The number of aromatic amines is 1. The first-order valence-electron chi connectivity index (χ1n) is 6.48. The summed E-state index contributed by atoms with van der Waals surface area (Å²) in [6, 6.07) is 4.86. The monoisotopic (exact) mass is 245 g/mol. The zero-order chi connectivity index (χ0) is 12.7. The number of hydrogen-bond acceptors (Lipinski definition) is 1. The van der Waals surface area contributed by atoms with Crippen molar-refractivity contribution < 1.29 is 9.18 Å². The third-order valence-corrected chi connectivity index (χ3v) is 4.12. The quantitative estimate of drug-likeness (QED) is 0.799. The summed E-state index contributed by atoms with van der Waals surface area (Å²) >= 11 is 0. The van der Waals surface area contributed by atoms with Gasteiger partial charge >= 0.3 is 0 Å². The van der Waals surface area contributed by atoms with Gasteiger partial charge in [-0.1, -0.05) is 19.4 Å². The van der Waals surface area contributed by atoms with Gasteiger partial charge in [0, 0.05) is 28.6 Å². The molecule has 1 heterocycles. The van der Waals surface area contributed by atoms with Crippen LogP contribution in [0.5, 0.6) is 0 Å². The van der Waals surface area contributed by atoms with Crippen LogP contribution < -0.4 is 0 Å². The van der Waals surface area contributed by atoms with E-state index in [0.717, 1.165) is 19.3 Å². The van der Waals surface area contributed by atoms with E-state index in [1.807, 2.05) is 0 Å². The van der Waals surface area contributed by atoms with Crippen molar-refractivity contribution in [2.75, 3.05) is 0 Å². The first kappa shape index (κ1) is 11.5. The first-order valence-corrected chi connectivity index (χ1v) is 6.48. The second kappa shape index (κ2) is 4.23. The lowest BCUT2D eigenvalue weighted by Gasteiger charge is -2.13. The van der Waals surface area contributed by atoms with Gasteiger partial charge in [-0.05, 0) is 30.9 Å². The number of aromatic nitrogens is 1. The molecule has 1 aromatic heterocycles. The molecule has 0 spiro atoms. The van der Waals surface area contributed by atoms with Gasteiger partial charge in [0.1, 0.15) is 5.82 Å². The molecule has 1 aliphatic rings. The normalized spacial score (nSPS) is 23.7. The average molecular weight is 245 g/mol. The molecule has 0 aliphatic heterocycles. The van der Waals surface area contributed by atoms with Crippen LogP contribution in [0.2, 0.25) is 0 Å². The molecule has 0 saturated heterocycles. The van der Waals surface area contributed by atoms with E-state index in [1.165, 1.54) is 6.07 Å². The van der Waals surface area contributed by atoms with E-state index in [2.05, 4.69) is 11.9 Å². The van der Waals surface area contributed by atoms with Crippen molar-refractivity contribution in [3.63, 3.8) is 0 Å². The van der Waals surface area contributed by atoms with E-state index in [0.29, 0.717) is 22.4 Å². The largest absolute Gasteiger partial charge is 0.360 e. The molecule has 2 atom stereocenters. The van der Waals surface area contributed by atoms with Gasteiger partial charge in [0.05, 0.1) is 0 Å². The Balaban J connectivity index is 2.07. The molecular formula is C15H16FNO. The fourth-order valence-electron chi connectivity index (χ4n) is 3.07. The third-order valence-electron chi connectivity index (χ3n) is 4.12. The van der Waals surface area contributed by atoms with E-state index >= 15 is 0 Å². The Bertz CT molecular complexity index is 602. The Hall–Kier alpha value is -1.64. The van der Waals surface area contributed by atoms with E-state index in [4.69, 9.17) is 0 Å². The number of Topliss-reactive ketones (excluding diaryl/α,β-unsaturated/α-hetero) is 1. The second-order valence-corrected chi connectivity index (χ2v) is 5.24. The van der Waals surface area contributed by atoms with Gasteiger partial charge in [-0.3, -0.25) is 4.79 Å².